The van der Waals surface area contributed by atoms with E-state index in [-0.39, 0.29) is 6.04 Å². The largest absolute Gasteiger partial charge is 0.330 e. The van der Waals surface area contributed by atoms with E-state index < -0.39 is 10.0 Å². The molecular formula is C16H28N2O2S. The Labute approximate surface area is 129 Å². The number of unbranched alkanes of at least 4 members (excludes halogenated alkanes) is 3. The predicted molar refractivity (Wildman–Crippen MR) is 87.7 cm³/mol. The minimum atomic E-state index is -3.42. The van der Waals surface area contributed by atoms with Gasteiger partial charge in [0.2, 0.25) is 10.0 Å². The van der Waals surface area contributed by atoms with Crippen molar-refractivity contribution in [3.05, 3.63) is 29.8 Å². The van der Waals surface area contributed by atoms with Gasteiger partial charge in [0.05, 0.1) is 4.90 Å². The number of hydrogen-bond donors (Lipinski definition) is 2. The van der Waals surface area contributed by atoms with Crippen LogP contribution < -0.4 is 10.5 Å². The highest BCUT2D eigenvalue weighted by Crippen LogP contribution is 2.13. The zero-order valence-corrected chi connectivity index (χ0v) is 14.0. The first kappa shape index (κ1) is 18.1. The van der Waals surface area contributed by atoms with Crippen molar-refractivity contribution in [1.29, 1.82) is 0 Å². The van der Waals surface area contributed by atoms with Crippen molar-refractivity contribution in [3.63, 3.8) is 0 Å². The van der Waals surface area contributed by atoms with Crippen molar-refractivity contribution in [2.24, 2.45) is 5.73 Å². The summed E-state index contributed by atoms with van der Waals surface area (Å²) in [7, 11) is -3.42. The quantitative estimate of drug-likeness (QED) is 0.653. The molecule has 0 radical (unpaired) electrons. The minimum Gasteiger partial charge on any atom is -0.330 e. The van der Waals surface area contributed by atoms with Gasteiger partial charge in [0, 0.05) is 6.04 Å². The van der Waals surface area contributed by atoms with E-state index in [2.05, 4.69) is 11.6 Å². The van der Waals surface area contributed by atoms with Crippen LogP contribution in [-0.4, -0.2) is 21.0 Å². The Bertz CT molecular complexity index is 498. The average molecular weight is 312 g/mol. The van der Waals surface area contributed by atoms with Gasteiger partial charge in [-0.15, -0.1) is 0 Å². The van der Waals surface area contributed by atoms with Crippen molar-refractivity contribution in [2.75, 3.05) is 6.54 Å². The third kappa shape index (κ3) is 6.59. The van der Waals surface area contributed by atoms with Crippen LogP contribution in [0, 0.1) is 0 Å². The molecule has 0 bridgehead atoms. The van der Waals surface area contributed by atoms with Gasteiger partial charge in [0.15, 0.2) is 0 Å². The Morgan fingerprint density at radius 2 is 1.81 bits per heavy atom. The smallest absolute Gasteiger partial charge is 0.240 e. The van der Waals surface area contributed by atoms with Crippen molar-refractivity contribution >= 4 is 10.0 Å². The topological polar surface area (TPSA) is 72.2 Å². The molecule has 0 aromatic heterocycles. The summed E-state index contributed by atoms with van der Waals surface area (Å²) in [6.07, 6.45) is 6.27. The molecule has 1 atom stereocenters. The molecule has 21 heavy (non-hydrogen) atoms. The van der Waals surface area contributed by atoms with E-state index in [0.29, 0.717) is 11.4 Å². The maximum atomic E-state index is 12.3. The summed E-state index contributed by atoms with van der Waals surface area (Å²) in [5, 5.41) is 0. The molecule has 0 spiro atoms. The normalized spacial score (nSPS) is 13.3. The predicted octanol–water partition coefficient (Wildman–Crippen LogP) is 2.83. The van der Waals surface area contributed by atoms with Crippen LogP contribution in [0.3, 0.4) is 0 Å². The average Bonchev–Trinajstić information content (AvgIpc) is 2.44. The fourth-order valence-electron chi connectivity index (χ4n) is 2.27. The highest BCUT2D eigenvalue weighted by molar-refractivity contribution is 7.89. The molecular weight excluding hydrogens is 284 g/mol. The Balaban J connectivity index is 2.55. The van der Waals surface area contributed by atoms with Gasteiger partial charge >= 0.3 is 0 Å². The number of hydrogen-bond acceptors (Lipinski definition) is 3. The van der Waals surface area contributed by atoms with E-state index in [1.165, 1.54) is 12.8 Å². The van der Waals surface area contributed by atoms with E-state index in [0.717, 1.165) is 31.2 Å². The molecule has 4 nitrogen and oxygen atoms in total. The molecule has 5 heteroatoms. The summed E-state index contributed by atoms with van der Waals surface area (Å²) in [6.45, 7) is 4.66. The third-order valence-corrected chi connectivity index (χ3v) is 5.12. The second-order valence-corrected chi connectivity index (χ2v) is 7.27. The lowest BCUT2D eigenvalue weighted by molar-refractivity contribution is 0.522. The summed E-state index contributed by atoms with van der Waals surface area (Å²) >= 11 is 0. The van der Waals surface area contributed by atoms with Gasteiger partial charge in [-0.2, -0.15) is 0 Å². The van der Waals surface area contributed by atoms with Gasteiger partial charge in [-0.3, -0.25) is 0 Å². The maximum absolute atomic E-state index is 12.3. The first-order valence-corrected chi connectivity index (χ1v) is 9.29. The standard InChI is InChI=1S/C16H28N2O2S/c1-3-4-5-6-7-14(2)18-21(19,20)16-10-8-15(9-11-16)12-13-17/h8-11,14,18H,3-7,12-13,17H2,1-2H3. The van der Waals surface area contributed by atoms with Gasteiger partial charge in [0.25, 0.3) is 0 Å². The number of benzene rings is 1. The maximum Gasteiger partial charge on any atom is 0.240 e. The van der Waals surface area contributed by atoms with Crippen molar-refractivity contribution < 1.29 is 8.42 Å². The lowest BCUT2D eigenvalue weighted by Crippen LogP contribution is -2.32. The van der Waals surface area contributed by atoms with Crippen LogP contribution in [0.4, 0.5) is 0 Å². The molecule has 0 aliphatic carbocycles. The van der Waals surface area contributed by atoms with Crippen LogP contribution in [0.2, 0.25) is 0 Å². The highest BCUT2D eigenvalue weighted by Gasteiger charge is 2.16. The minimum absolute atomic E-state index is 0.0319. The SMILES string of the molecule is CCCCCCC(C)NS(=O)(=O)c1ccc(CCN)cc1. The van der Waals surface area contributed by atoms with Crippen LogP contribution in [0.15, 0.2) is 29.2 Å². The van der Waals surface area contributed by atoms with Gasteiger partial charge in [-0.25, -0.2) is 13.1 Å². The zero-order valence-electron chi connectivity index (χ0n) is 13.1. The third-order valence-electron chi connectivity index (χ3n) is 3.51. The summed E-state index contributed by atoms with van der Waals surface area (Å²) in [6, 6.07) is 6.92. The second-order valence-electron chi connectivity index (χ2n) is 5.55. The second kappa shape index (κ2) is 9.18. The molecule has 0 saturated carbocycles. The Morgan fingerprint density at radius 3 is 2.38 bits per heavy atom. The molecule has 0 amide bonds. The van der Waals surface area contributed by atoms with Gasteiger partial charge in [-0.1, -0.05) is 44.7 Å². The van der Waals surface area contributed by atoms with Crippen LogP contribution >= 0.6 is 0 Å². The molecule has 1 aromatic rings. The lowest BCUT2D eigenvalue weighted by Gasteiger charge is -2.14. The summed E-state index contributed by atoms with van der Waals surface area (Å²) in [5.74, 6) is 0. The number of nitrogens with two attached hydrogens (primary N) is 1. The summed E-state index contributed by atoms with van der Waals surface area (Å²) in [4.78, 5) is 0.323. The molecule has 0 saturated heterocycles. The van der Waals surface area contributed by atoms with Gasteiger partial charge in [-0.05, 0) is 44.0 Å². The van der Waals surface area contributed by atoms with Crippen LogP contribution in [0.1, 0.15) is 51.5 Å². The fourth-order valence-corrected chi connectivity index (χ4v) is 3.55. The number of rotatable bonds is 10. The number of nitrogens with one attached hydrogen (secondary N) is 1. The van der Waals surface area contributed by atoms with Crippen molar-refractivity contribution in [3.8, 4) is 0 Å². The molecule has 1 aromatic carbocycles. The van der Waals surface area contributed by atoms with Crippen LogP contribution in [0.25, 0.3) is 0 Å². The highest BCUT2D eigenvalue weighted by atomic mass is 32.2. The molecule has 0 heterocycles. The van der Waals surface area contributed by atoms with Crippen molar-refractivity contribution in [1.82, 2.24) is 4.72 Å². The summed E-state index contributed by atoms with van der Waals surface area (Å²) < 4.78 is 27.3. The van der Waals surface area contributed by atoms with E-state index in [4.69, 9.17) is 5.73 Å². The fraction of sp³-hybridized carbons (Fsp3) is 0.625. The van der Waals surface area contributed by atoms with Crippen LogP contribution in [0.5, 0.6) is 0 Å². The monoisotopic (exact) mass is 312 g/mol. The molecule has 1 rings (SSSR count). The molecule has 0 fully saturated rings. The first-order valence-electron chi connectivity index (χ1n) is 7.81. The molecule has 120 valence electrons. The summed E-state index contributed by atoms with van der Waals surface area (Å²) in [5.41, 5.74) is 6.55. The van der Waals surface area contributed by atoms with E-state index in [9.17, 15) is 8.42 Å². The van der Waals surface area contributed by atoms with E-state index >= 15 is 0 Å². The van der Waals surface area contributed by atoms with Crippen LogP contribution in [-0.2, 0) is 16.4 Å². The molecule has 0 aliphatic heterocycles. The molecule has 1 unspecified atom stereocenters. The first-order chi connectivity index (χ1) is 9.99. The van der Waals surface area contributed by atoms with Gasteiger partial charge < -0.3 is 5.73 Å². The number of sulfonamides is 1. The Morgan fingerprint density at radius 1 is 1.14 bits per heavy atom. The Hall–Kier alpha value is -0.910. The van der Waals surface area contributed by atoms with Crippen molar-refractivity contribution in [2.45, 2.75) is 63.3 Å². The van der Waals surface area contributed by atoms with E-state index in [1.54, 1.807) is 12.1 Å². The zero-order chi connectivity index (χ0) is 15.7. The Kier molecular flexibility index (Phi) is 7.93. The van der Waals surface area contributed by atoms with E-state index in [1.807, 2.05) is 19.1 Å². The van der Waals surface area contributed by atoms with Gasteiger partial charge in [0.1, 0.15) is 0 Å². The lowest BCUT2D eigenvalue weighted by atomic mass is 10.1. The molecule has 3 N–H and O–H groups in total. The molecule has 0 aliphatic rings.